The lowest BCUT2D eigenvalue weighted by Crippen LogP contribution is -2.73. The van der Waals surface area contributed by atoms with Crippen molar-refractivity contribution >= 4 is 24.2 Å². The molecule has 0 aromatic heterocycles. The van der Waals surface area contributed by atoms with Crippen LogP contribution >= 0.6 is 12.4 Å². The number of ether oxygens (including phenoxy) is 1. The van der Waals surface area contributed by atoms with E-state index in [4.69, 9.17) is 4.74 Å². The minimum atomic E-state index is -0.719. The van der Waals surface area contributed by atoms with Crippen LogP contribution in [0.15, 0.2) is 54.6 Å². The van der Waals surface area contributed by atoms with E-state index in [0.29, 0.717) is 31.7 Å². The van der Waals surface area contributed by atoms with E-state index in [1.807, 2.05) is 47.4 Å². The van der Waals surface area contributed by atoms with Crippen molar-refractivity contribution in [2.24, 2.45) is 5.92 Å². The standard InChI is InChI=1S/C30H41N3O3.ClH/c1-5-6-18-33-28(34)27(21-22(2)3)31-29(35)30(33)16-19-32(20-17-30)23(4)24-12-14-26(15-13-24)36-25-10-8-7-9-11-25;/h7-15,22-23,27H,5-6,16-21H2,1-4H3,(H,31,35);1H. The highest BCUT2D eigenvalue weighted by Crippen LogP contribution is 2.37. The Morgan fingerprint density at radius 2 is 1.59 bits per heavy atom. The third-order valence-electron chi connectivity index (χ3n) is 7.77. The molecule has 2 aliphatic rings. The Morgan fingerprint density at radius 1 is 0.973 bits per heavy atom. The summed E-state index contributed by atoms with van der Waals surface area (Å²) in [4.78, 5) is 31.3. The number of hydrogen-bond donors (Lipinski definition) is 1. The summed E-state index contributed by atoms with van der Waals surface area (Å²) in [6, 6.07) is 17.9. The van der Waals surface area contributed by atoms with Gasteiger partial charge in [0, 0.05) is 25.7 Å². The number of halogens is 1. The van der Waals surface area contributed by atoms with Crippen LogP contribution < -0.4 is 10.1 Å². The smallest absolute Gasteiger partial charge is 0.246 e. The quantitative estimate of drug-likeness (QED) is 0.436. The van der Waals surface area contributed by atoms with Crippen molar-refractivity contribution in [3.63, 3.8) is 0 Å². The van der Waals surface area contributed by atoms with Crippen LogP contribution in [0.4, 0.5) is 0 Å². The summed E-state index contributed by atoms with van der Waals surface area (Å²) in [5, 5.41) is 3.10. The first kappa shape index (κ1) is 29.0. The number of carbonyl (C=O) groups excluding carboxylic acids is 2. The summed E-state index contributed by atoms with van der Waals surface area (Å²) in [7, 11) is 0. The molecule has 2 fully saturated rings. The molecule has 37 heavy (non-hydrogen) atoms. The number of nitrogens with one attached hydrogen (secondary N) is 1. The van der Waals surface area contributed by atoms with E-state index in [9.17, 15) is 9.59 Å². The van der Waals surface area contributed by atoms with Gasteiger partial charge < -0.3 is 15.0 Å². The fourth-order valence-corrected chi connectivity index (χ4v) is 5.58. The number of nitrogens with zero attached hydrogens (tertiary/aromatic N) is 2. The number of rotatable bonds is 9. The number of carbonyl (C=O) groups is 2. The van der Waals surface area contributed by atoms with Gasteiger partial charge in [0.25, 0.3) is 0 Å². The summed E-state index contributed by atoms with van der Waals surface area (Å²) < 4.78 is 5.94. The van der Waals surface area contributed by atoms with Crippen LogP contribution in [0.1, 0.15) is 71.4 Å². The molecule has 202 valence electrons. The molecular weight excluding hydrogens is 486 g/mol. The maximum Gasteiger partial charge on any atom is 0.246 e. The van der Waals surface area contributed by atoms with Crippen LogP contribution in [-0.4, -0.2) is 52.8 Å². The summed E-state index contributed by atoms with van der Waals surface area (Å²) in [6.45, 7) is 10.8. The van der Waals surface area contributed by atoms with Crippen molar-refractivity contribution in [3.05, 3.63) is 60.2 Å². The number of para-hydroxylation sites is 1. The molecule has 0 saturated carbocycles. The van der Waals surface area contributed by atoms with E-state index in [1.165, 1.54) is 5.56 Å². The van der Waals surface area contributed by atoms with Crippen molar-refractivity contribution in [2.45, 2.75) is 77.4 Å². The van der Waals surface area contributed by atoms with E-state index >= 15 is 0 Å². The highest BCUT2D eigenvalue weighted by atomic mass is 35.5. The molecule has 0 bridgehead atoms. The third-order valence-corrected chi connectivity index (χ3v) is 7.77. The predicted molar refractivity (Wildman–Crippen MR) is 150 cm³/mol. The Hall–Kier alpha value is -2.57. The number of piperazine rings is 1. The van der Waals surface area contributed by atoms with Gasteiger partial charge in [-0.25, -0.2) is 0 Å². The molecule has 1 N–H and O–H groups in total. The molecule has 2 atom stereocenters. The minimum absolute atomic E-state index is 0. The van der Waals surface area contributed by atoms with Gasteiger partial charge in [-0.1, -0.05) is 57.5 Å². The fourth-order valence-electron chi connectivity index (χ4n) is 5.58. The molecule has 2 aromatic rings. The summed E-state index contributed by atoms with van der Waals surface area (Å²) in [5.41, 5.74) is 0.499. The lowest BCUT2D eigenvalue weighted by molar-refractivity contribution is -0.162. The lowest BCUT2D eigenvalue weighted by Gasteiger charge is -2.52. The second-order valence-corrected chi connectivity index (χ2v) is 10.7. The van der Waals surface area contributed by atoms with Gasteiger partial charge in [-0.15, -0.1) is 12.4 Å². The first-order valence-electron chi connectivity index (χ1n) is 13.5. The number of unbranched alkanes of at least 4 members (excludes halogenated alkanes) is 1. The molecule has 6 nitrogen and oxygen atoms in total. The summed E-state index contributed by atoms with van der Waals surface area (Å²) >= 11 is 0. The first-order chi connectivity index (χ1) is 17.3. The zero-order chi connectivity index (χ0) is 25.7. The van der Waals surface area contributed by atoms with Crippen LogP contribution in [0.3, 0.4) is 0 Å². The van der Waals surface area contributed by atoms with E-state index in [1.54, 1.807) is 0 Å². The number of hydrogen-bond acceptors (Lipinski definition) is 4. The molecule has 0 radical (unpaired) electrons. The molecule has 2 amide bonds. The molecule has 2 heterocycles. The Kier molecular flexibility index (Phi) is 10.0. The fraction of sp³-hybridized carbons (Fsp3) is 0.533. The Bertz CT molecular complexity index is 1020. The van der Waals surface area contributed by atoms with Gasteiger partial charge in [-0.3, -0.25) is 14.5 Å². The van der Waals surface area contributed by atoms with E-state index < -0.39 is 11.6 Å². The van der Waals surface area contributed by atoms with E-state index in [-0.39, 0.29) is 30.3 Å². The second kappa shape index (κ2) is 12.8. The largest absolute Gasteiger partial charge is 0.457 e. The maximum atomic E-state index is 13.5. The summed E-state index contributed by atoms with van der Waals surface area (Å²) in [5.74, 6) is 2.14. The number of amides is 2. The average molecular weight is 528 g/mol. The molecule has 7 heteroatoms. The normalized spacial score (nSPS) is 20.5. The van der Waals surface area contributed by atoms with E-state index in [2.05, 4.69) is 50.0 Å². The third kappa shape index (κ3) is 6.47. The average Bonchev–Trinajstić information content (AvgIpc) is 2.88. The summed E-state index contributed by atoms with van der Waals surface area (Å²) in [6.07, 6.45) is 3.96. The topological polar surface area (TPSA) is 61.9 Å². The molecule has 2 aliphatic heterocycles. The molecule has 2 unspecified atom stereocenters. The SMILES string of the molecule is CCCCN1C(=O)C(CC(C)C)NC(=O)C12CCN(C(C)c1ccc(Oc3ccccc3)cc1)CC2.Cl. The Labute approximate surface area is 228 Å². The Balaban J connectivity index is 0.00000380. The van der Waals surface area contributed by atoms with Gasteiger partial charge in [0.05, 0.1) is 0 Å². The van der Waals surface area contributed by atoms with E-state index in [0.717, 1.165) is 37.4 Å². The van der Waals surface area contributed by atoms with Crippen LogP contribution in [0.25, 0.3) is 0 Å². The Morgan fingerprint density at radius 3 is 2.19 bits per heavy atom. The second-order valence-electron chi connectivity index (χ2n) is 10.7. The van der Waals surface area contributed by atoms with Gasteiger partial charge in [0.1, 0.15) is 23.1 Å². The van der Waals surface area contributed by atoms with Gasteiger partial charge in [-0.05, 0) is 68.4 Å². The van der Waals surface area contributed by atoms with Crippen molar-refractivity contribution < 1.29 is 14.3 Å². The van der Waals surface area contributed by atoms with Crippen LogP contribution in [-0.2, 0) is 9.59 Å². The molecule has 4 rings (SSSR count). The monoisotopic (exact) mass is 527 g/mol. The minimum Gasteiger partial charge on any atom is -0.457 e. The van der Waals surface area contributed by atoms with Crippen molar-refractivity contribution in [3.8, 4) is 11.5 Å². The zero-order valence-electron chi connectivity index (χ0n) is 22.6. The van der Waals surface area contributed by atoms with Crippen molar-refractivity contribution in [1.82, 2.24) is 15.1 Å². The first-order valence-corrected chi connectivity index (χ1v) is 13.5. The van der Waals surface area contributed by atoms with Crippen LogP contribution in [0.5, 0.6) is 11.5 Å². The number of piperidine rings is 1. The van der Waals surface area contributed by atoms with Crippen molar-refractivity contribution in [2.75, 3.05) is 19.6 Å². The molecular formula is C30H42ClN3O3. The van der Waals surface area contributed by atoms with Gasteiger partial charge in [-0.2, -0.15) is 0 Å². The zero-order valence-corrected chi connectivity index (χ0v) is 23.4. The van der Waals surface area contributed by atoms with Gasteiger partial charge >= 0.3 is 0 Å². The van der Waals surface area contributed by atoms with Crippen molar-refractivity contribution in [1.29, 1.82) is 0 Å². The molecule has 1 spiro atoms. The highest BCUT2D eigenvalue weighted by Gasteiger charge is 2.53. The highest BCUT2D eigenvalue weighted by molar-refractivity contribution is 6.00. The van der Waals surface area contributed by atoms with Gasteiger partial charge in [0.2, 0.25) is 11.8 Å². The molecule has 2 saturated heterocycles. The maximum absolute atomic E-state index is 13.5. The molecule has 2 aromatic carbocycles. The van der Waals surface area contributed by atoms with Crippen LogP contribution in [0.2, 0.25) is 0 Å². The predicted octanol–water partition coefficient (Wildman–Crippen LogP) is 5.97. The van der Waals surface area contributed by atoms with Crippen LogP contribution in [0, 0.1) is 5.92 Å². The number of likely N-dealkylation sites (tertiary alicyclic amines) is 1. The molecule has 0 aliphatic carbocycles. The number of benzene rings is 2. The lowest BCUT2D eigenvalue weighted by atomic mass is 9.80. The van der Waals surface area contributed by atoms with Gasteiger partial charge in [0.15, 0.2) is 0 Å².